The molecule has 0 N–H and O–H groups in total. The minimum Gasteiger partial charge on any atom is -0.497 e. The van der Waals surface area contributed by atoms with E-state index in [2.05, 4.69) is 16.9 Å². The van der Waals surface area contributed by atoms with Crippen molar-refractivity contribution in [2.45, 2.75) is 51.9 Å². The number of aromatic nitrogens is 2. The highest BCUT2D eigenvalue weighted by atomic mass is 16.5. The molecule has 3 heteroatoms. The van der Waals surface area contributed by atoms with E-state index in [1.807, 2.05) is 36.7 Å². The largest absolute Gasteiger partial charge is 0.497 e. The van der Waals surface area contributed by atoms with Crippen LogP contribution in [-0.4, -0.2) is 17.1 Å². The molecule has 24 heavy (non-hydrogen) atoms. The first-order valence-electron chi connectivity index (χ1n) is 9.23. The van der Waals surface area contributed by atoms with Crippen LogP contribution in [0.3, 0.4) is 0 Å². The maximum Gasteiger partial charge on any atom is 0.128 e. The lowest BCUT2D eigenvalue weighted by atomic mass is 9.79. The second-order valence-electron chi connectivity index (χ2n) is 6.95. The molecule has 3 nitrogen and oxygen atoms in total. The lowest BCUT2D eigenvalue weighted by Gasteiger charge is -2.27. The highest BCUT2D eigenvalue weighted by Crippen LogP contribution is 2.32. The smallest absolute Gasteiger partial charge is 0.128 e. The third-order valence-corrected chi connectivity index (χ3v) is 5.45. The van der Waals surface area contributed by atoms with E-state index in [0.717, 1.165) is 41.0 Å². The summed E-state index contributed by atoms with van der Waals surface area (Å²) in [5.74, 6) is 3.69. The normalized spacial score (nSPS) is 20.8. The molecule has 0 saturated heterocycles. The zero-order valence-corrected chi connectivity index (χ0v) is 14.9. The molecule has 0 amide bonds. The van der Waals surface area contributed by atoms with Gasteiger partial charge < -0.3 is 4.74 Å². The maximum absolute atomic E-state index is 5.20. The van der Waals surface area contributed by atoms with Crippen molar-refractivity contribution in [2.75, 3.05) is 7.11 Å². The predicted molar refractivity (Wildman–Crippen MR) is 98.1 cm³/mol. The van der Waals surface area contributed by atoms with Crippen molar-refractivity contribution in [3.05, 3.63) is 42.5 Å². The molecule has 0 bridgehead atoms. The molecular weight excluding hydrogens is 296 g/mol. The van der Waals surface area contributed by atoms with Crippen molar-refractivity contribution in [1.82, 2.24) is 9.97 Å². The Morgan fingerprint density at radius 2 is 1.54 bits per heavy atom. The summed E-state index contributed by atoms with van der Waals surface area (Å²) in [5, 5.41) is 0. The molecule has 1 fully saturated rings. The highest BCUT2D eigenvalue weighted by molar-refractivity contribution is 5.62. The molecule has 1 heterocycles. The summed E-state index contributed by atoms with van der Waals surface area (Å²) >= 11 is 0. The van der Waals surface area contributed by atoms with Crippen LogP contribution in [0.2, 0.25) is 0 Å². The van der Waals surface area contributed by atoms with Gasteiger partial charge >= 0.3 is 0 Å². The van der Waals surface area contributed by atoms with Gasteiger partial charge in [-0.15, -0.1) is 0 Å². The van der Waals surface area contributed by atoms with Gasteiger partial charge in [0.05, 0.1) is 7.11 Å². The SMILES string of the molecule is CC[C@H]1CC[C@H](CCc2ncc(-c3ccc(OC)cc3)cn2)CC1. The summed E-state index contributed by atoms with van der Waals surface area (Å²) in [6.45, 7) is 2.32. The molecule has 1 aromatic heterocycles. The van der Waals surface area contributed by atoms with Crippen molar-refractivity contribution in [1.29, 1.82) is 0 Å². The number of nitrogens with zero attached hydrogens (tertiary/aromatic N) is 2. The minimum atomic E-state index is 0.870. The van der Waals surface area contributed by atoms with Gasteiger partial charge in [-0.25, -0.2) is 9.97 Å². The fraction of sp³-hybridized carbons (Fsp3) is 0.524. The van der Waals surface area contributed by atoms with E-state index >= 15 is 0 Å². The van der Waals surface area contributed by atoms with Crippen LogP contribution < -0.4 is 4.74 Å². The van der Waals surface area contributed by atoms with E-state index < -0.39 is 0 Å². The molecule has 128 valence electrons. The average molecular weight is 324 g/mol. The van der Waals surface area contributed by atoms with E-state index in [0.29, 0.717) is 0 Å². The summed E-state index contributed by atoms with van der Waals surface area (Å²) in [5.41, 5.74) is 2.19. The zero-order valence-electron chi connectivity index (χ0n) is 14.9. The quantitative estimate of drug-likeness (QED) is 0.723. The summed E-state index contributed by atoms with van der Waals surface area (Å²) in [6, 6.07) is 8.03. The molecule has 1 aromatic carbocycles. The fourth-order valence-electron chi connectivity index (χ4n) is 3.68. The number of aryl methyl sites for hydroxylation is 1. The minimum absolute atomic E-state index is 0.870. The number of rotatable bonds is 6. The van der Waals surface area contributed by atoms with E-state index in [-0.39, 0.29) is 0 Å². The second kappa shape index (κ2) is 8.27. The molecule has 0 radical (unpaired) electrons. The number of methoxy groups -OCH3 is 1. The molecule has 2 aromatic rings. The van der Waals surface area contributed by atoms with Crippen molar-refractivity contribution >= 4 is 0 Å². The molecule has 0 unspecified atom stereocenters. The van der Waals surface area contributed by atoms with Gasteiger partial charge in [0.25, 0.3) is 0 Å². The van der Waals surface area contributed by atoms with Gasteiger partial charge in [0.2, 0.25) is 0 Å². The molecule has 0 spiro atoms. The standard InChI is InChI=1S/C21H28N2O/c1-3-16-4-6-17(7-5-16)8-13-21-22-14-19(15-23-21)18-9-11-20(24-2)12-10-18/h9-12,14-17H,3-8,13H2,1-2H3/t16-,17-. The molecule has 0 atom stereocenters. The van der Waals surface area contributed by atoms with E-state index in [4.69, 9.17) is 4.74 Å². The van der Waals surface area contributed by atoms with Crippen molar-refractivity contribution in [2.24, 2.45) is 11.8 Å². The Morgan fingerprint density at radius 1 is 0.917 bits per heavy atom. The zero-order chi connectivity index (χ0) is 16.8. The Bertz CT molecular complexity index is 613. The van der Waals surface area contributed by atoms with Gasteiger partial charge in [0.1, 0.15) is 11.6 Å². The number of benzene rings is 1. The van der Waals surface area contributed by atoms with Crippen LogP contribution in [-0.2, 0) is 6.42 Å². The predicted octanol–water partition coefficient (Wildman–Crippen LogP) is 5.30. The monoisotopic (exact) mass is 324 g/mol. The molecule has 0 aliphatic heterocycles. The van der Waals surface area contributed by atoms with Crippen LogP contribution in [0.15, 0.2) is 36.7 Å². The van der Waals surface area contributed by atoms with Crippen LogP contribution in [0, 0.1) is 11.8 Å². The number of hydrogen-bond donors (Lipinski definition) is 0. The van der Waals surface area contributed by atoms with Gasteiger partial charge in [0, 0.05) is 24.4 Å². The third kappa shape index (κ3) is 4.34. The van der Waals surface area contributed by atoms with Crippen LogP contribution in [0.4, 0.5) is 0 Å². The fourth-order valence-corrected chi connectivity index (χ4v) is 3.68. The van der Waals surface area contributed by atoms with Gasteiger partial charge in [-0.3, -0.25) is 0 Å². The highest BCUT2D eigenvalue weighted by Gasteiger charge is 2.19. The van der Waals surface area contributed by atoms with Gasteiger partial charge in [-0.1, -0.05) is 51.2 Å². The first-order valence-corrected chi connectivity index (χ1v) is 9.23. The van der Waals surface area contributed by atoms with E-state index in [1.165, 1.54) is 38.5 Å². The number of ether oxygens (including phenoxy) is 1. The van der Waals surface area contributed by atoms with Crippen molar-refractivity contribution < 1.29 is 4.74 Å². The maximum atomic E-state index is 5.20. The molecule has 3 rings (SSSR count). The molecule has 1 saturated carbocycles. The Labute approximate surface area is 145 Å². The Kier molecular flexibility index (Phi) is 5.84. The van der Waals surface area contributed by atoms with Gasteiger partial charge in [-0.05, 0) is 36.0 Å². The lowest BCUT2D eigenvalue weighted by molar-refractivity contribution is 0.258. The average Bonchev–Trinajstić information content (AvgIpc) is 2.67. The molecular formula is C21H28N2O. The van der Waals surface area contributed by atoms with E-state index in [1.54, 1.807) is 7.11 Å². The number of hydrogen-bond acceptors (Lipinski definition) is 3. The third-order valence-electron chi connectivity index (χ3n) is 5.45. The second-order valence-corrected chi connectivity index (χ2v) is 6.95. The first kappa shape index (κ1) is 16.9. The van der Waals surface area contributed by atoms with Crippen LogP contribution in [0.25, 0.3) is 11.1 Å². The van der Waals surface area contributed by atoms with Gasteiger partial charge in [-0.2, -0.15) is 0 Å². The molecule has 1 aliphatic carbocycles. The topological polar surface area (TPSA) is 35.0 Å². The van der Waals surface area contributed by atoms with Crippen molar-refractivity contribution in [3.8, 4) is 16.9 Å². The Balaban J connectivity index is 1.53. The lowest BCUT2D eigenvalue weighted by Crippen LogP contribution is -2.15. The van der Waals surface area contributed by atoms with Crippen LogP contribution in [0.1, 0.15) is 51.3 Å². The van der Waals surface area contributed by atoms with E-state index in [9.17, 15) is 0 Å². The van der Waals surface area contributed by atoms with Crippen LogP contribution >= 0.6 is 0 Å². The summed E-state index contributed by atoms with van der Waals surface area (Å²) < 4.78 is 5.20. The van der Waals surface area contributed by atoms with Crippen molar-refractivity contribution in [3.63, 3.8) is 0 Å². The molecule has 1 aliphatic rings. The van der Waals surface area contributed by atoms with Gasteiger partial charge in [0.15, 0.2) is 0 Å². The Hall–Kier alpha value is -1.90. The van der Waals surface area contributed by atoms with Crippen LogP contribution in [0.5, 0.6) is 5.75 Å². The summed E-state index contributed by atoms with van der Waals surface area (Å²) in [7, 11) is 1.68. The summed E-state index contributed by atoms with van der Waals surface area (Å²) in [4.78, 5) is 9.14. The Morgan fingerprint density at radius 3 is 2.12 bits per heavy atom. The first-order chi connectivity index (χ1) is 11.8. The summed E-state index contributed by atoms with van der Waals surface area (Å²) in [6.07, 6.45) is 13.1.